The molecule has 1 aromatic heterocycles. The summed E-state index contributed by atoms with van der Waals surface area (Å²) < 4.78 is 14.5. The molecule has 0 atom stereocenters. The topological polar surface area (TPSA) is 55.1 Å². The maximum Gasteiger partial charge on any atom is 0.254 e. The number of rotatable bonds is 3. The van der Waals surface area contributed by atoms with Gasteiger partial charge in [-0.25, -0.2) is 4.39 Å². The summed E-state index contributed by atoms with van der Waals surface area (Å²) >= 11 is 4.86. The van der Waals surface area contributed by atoms with E-state index in [1.54, 1.807) is 0 Å². The number of nitrogens with one attached hydrogen (secondary N) is 1. The minimum Gasteiger partial charge on any atom is -0.399 e. The SMILES string of the molecule is Nc1ccc(C(=O)NCc2ccc(Br)s2)c(F)c1. The van der Waals surface area contributed by atoms with Crippen LogP contribution in [-0.2, 0) is 6.54 Å². The van der Waals surface area contributed by atoms with E-state index in [1.165, 1.54) is 23.5 Å². The van der Waals surface area contributed by atoms with Gasteiger partial charge in [-0.15, -0.1) is 11.3 Å². The lowest BCUT2D eigenvalue weighted by atomic mass is 10.2. The van der Waals surface area contributed by atoms with E-state index in [2.05, 4.69) is 21.2 Å². The van der Waals surface area contributed by atoms with Gasteiger partial charge in [0.25, 0.3) is 5.91 Å². The molecule has 2 rings (SSSR count). The number of carbonyl (C=O) groups is 1. The number of hydrogen-bond acceptors (Lipinski definition) is 3. The summed E-state index contributed by atoms with van der Waals surface area (Å²) in [4.78, 5) is 12.7. The van der Waals surface area contributed by atoms with Gasteiger partial charge in [-0.1, -0.05) is 0 Å². The van der Waals surface area contributed by atoms with Crippen LogP contribution in [0, 0.1) is 5.82 Å². The van der Waals surface area contributed by atoms with Crippen LogP contribution in [0.25, 0.3) is 0 Å². The summed E-state index contributed by atoms with van der Waals surface area (Å²) in [7, 11) is 0. The smallest absolute Gasteiger partial charge is 0.254 e. The highest BCUT2D eigenvalue weighted by molar-refractivity contribution is 9.11. The highest BCUT2D eigenvalue weighted by atomic mass is 79.9. The number of benzene rings is 1. The number of nitrogen functional groups attached to an aromatic ring is 1. The van der Waals surface area contributed by atoms with Crippen LogP contribution < -0.4 is 11.1 Å². The summed E-state index contributed by atoms with van der Waals surface area (Å²) in [5.41, 5.74) is 5.72. The third-order valence-corrected chi connectivity index (χ3v) is 3.91. The van der Waals surface area contributed by atoms with Crippen LogP contribution in [0.15, 0.2) is 34.1 Å². The van der Waals surface area contributed by atoms with Gasteiger partial charge in [0.05, 0.1) is 15.9 Å². The molecule has 1 amide bonds. The van der Waals surface area contributed by atoms with E-state index >= 15 is 0 Å². The molecular formula is C12H10BrFN2OS. The monoisotopic (exact) mass is 328 g/mol. The third kappa shape index (κ3) is 3.08. The molecule has 0 unspecified atom stereocenters. The molecule has 6 heteroatoms. The number of carbonyl (C=O) groups excluding carboxylic acids is 1. The zero-order valence-electron chi connectivity index (χ0n) is 9.24. The van der Waals surface area contributed by atoms with Crippen molar-refractivity contribution in [3.8, 4) is 0 Å². The third-order valence-electron chi connectivity index (χ3n) is 2.29. The number of thiophene rings is 1. The minimum absolute atomic E-state index is 0.000165. The molecule has 3 N–H and O–H groups in total. The van der Waals surface area contributed by atoms with E-state index in [-0.39, 0.29) is 5.56 Å². The van der Waals surface area contributed by atoms with Crippen LogP contribution in [0.5, 0.6) is 0 Å². The number of halogens is 2. The second kappa shape index (κ2) is 5.49. The molecule has 1 heterocycles. The first-order valence-corrected chi connectivity index (χ1v) is 6.74. The van der Waals surface area contributed by atoms with Crippen LogP contribution in [0.1, 0.15) is 15.2 Å². The number of anilines is 1. The highest BCUT2D eigenvalue weighted by Gasteiger charge is 2.11. The molecule has 0 aliphatic heterocycles. The Morgan fingerprint density at radius 3 is 2.78 bits per heavy atom. The molecule has 0 saturated heterocycles. The summed E-state index contributed by atoms with van der Waals surface area (Å²) in [6.07, 6.45) is 0. The second-order valence-corrected chi connectivity index (χ2v) is 6.18. The van der Waals surface area contributed by atoms with Crippen molar-refractivity contribution in [1.29, 1.82) is 0 Å². The standard InChI is InChI=1S/C12H10BrFN2OS/c13-11-4-2-8(18-11)6-16-12(17)9-3-1-7(15)5-10(9)14/h1-5H,6,15H2,(H,16,17). The molecule has 0 aliphatic carbocycles. The van der Waals surface area contributed by atoms with Gasteiger partial charge in [-0.3, -0.25) is 4.79 Å². The summed E-state index contributed by atoms with van der Waals surface area (Å²) in [5.74, 6) is -1.06. The fraction of sp³-hybridized carbons (Fsp3) is 0.0833. The molecule has 0 radical (unpaired) electrons. The summed E-state index contributed by atoms with van der Waals surface area (Å²) in [6, 6.07) is 7.81. The molecule has 0 bridgehead atoms. The molecule has 0 fully saturated rings. The number of amides is 1. The van der Waals surface area contributed by atoms with E-state index in [4.69, 9.17) is 5.73 Å². The van der Waals surface area contributed by atoms with Crippen LogP contribution in [0.2, 0.25) is 0 Å². The van der Waals surface area contributed by atoms with Gasteiger partial charge in [0.15, 0.2) is 0 Å². The van der Waals surface area contributed by atoms with E-state index in [9.17, 15) is 9.18 Å². The predicted molar refractivity (Wildman–Crippen MR) is 74.0 cm³/mol. The van der Waals surface area contributed by atoms with Crippen molar-refractivity contribution in [2.45, 2.75) is 6.54 Å². The van der Waals surface area contributed by atoms with Gasteiger partial charge in [0.1, 0.15) is 5.82 Å². The molecule has 2 aromatic rings. The quantitative estimate of drug-likeness (QED) is 0.850. The van der Waals surface area contributed by atoms with Crippen molar-refractivity contribution in [2.24, 2.45) is 0 Å². The zero-order chi connectivity index (χ0) is 13.1. The number of hydrogen-bond donors (Lipinski definition) is 2. The molecular weight excluding hydrogens is 319 g/mol. The van der Waals surface area contributed by atoms with Crippen LogP contribution in [-0.4, -0.2) is 5.91 Å². The zero-order valence-corrected chi connectivity index (χ0v) is 11.6. The average molecular weight is 329 g/mol. The lowest BCUT2D eigenvalue weighted by Crippen LogP contribution is -2.23. The van der Waals surface area contributed by atoms with Crippen molar-refractivity contribution in [3.05, 3.63) is 50.4 Å². The molecule has 3 nitrogen and oxygen atoms in total. The van der Waals surface area contributed by atoms with Crippen LogP contribution >= 0.6 is 27.3 Å². The van der Waals surface area contributed by atoms with Crippen LogP contribution in [0.3, 0.4) is 0 Å². The highest BCUT2D eigenvalue weighted by Crippen LogP contribution is 2.22. The van der Waals surface area contributed by atoms with Crippen molar-refractivity contribution in [1.82, 2.24) is 5.32 Å². The Bertz CT molecular complexity index is 585. The lowest BCUT2D eigenvalue weighted by Gasteiger charge is -2.05. The summed E-state index contributed by atoms with van der Waals surface area (Å²) in [5, 5.41) is 2.66. The Hall–Kier alpha value is -1.40. The normalized spacial score (nSPS) is 10.3. The van der Waals surface area contributed by atoms with E-state index < -0.39 is 11.7 Å². The van der Waals surface area contributed by atoms with Crippen molar-refractivity contribution < 1.29 is 9.18 Å². The predicted octanol–water partition coefficient (Wildman–Crippen LogP) is 3.16. The molecule has 0 saturated carbocycles. The van der Waals surface area contributed by atoms with Crippen molar-refractivity contribution >= 4 is 38.9 Å². The first-order chi connectivity index (χ1) is 8.56. The fourth-order valence-corrected chi connectivity index (χ4v) is 2.85. The largest absolute Gasteiger partial charge is 0.399 e. The second-order valence-electron chi connectivity index (χ2n) is 3.63. The molecule has 1 aromatic carbocycles. The molecule has 0 aliphatic rings. The Balaban J connectivity index is 2.03. The minimum atomic E-state index is -0.611. The van der Waals surface area contributed by atoms with E-state index in [0.29, 0.717) is 12.2 Å². The molecule has 18 heavy (non-hydrogen) atoms. The van der Waals surface area contributed by atoms with Gasteiger partial charge in [0, 0.05) is 10.6 Å². The maximum absolute atomic E-state index is 13.5. The van der Waals surface area contributed by atoms with Gasteiger partial charge in [0.2, 0.25) is 0 Å². The van der Waals surface area contributed by atoms with Gasteiger partial charge >= 0.3 is 0 Å². The van der Waals surface area contributed by atoms with Gasteiger partial charge in [-0.05, 0) is 46.3 Å². The van der Waals surface area contributed by atoms with Crippen molar-refractivity contribution in [3.63, 3.8) is 0 Å². The average Bonchev–Trinajstić information content (AvgIpc) is 2.72. The molecule has 94 valence electrons. The van der Waals surface area contributed by atoms with E-state index in [0.717, 1.165) is 14.7 Å². The van der Waals surface area contributed by atoms with Gasteiger partial charge < -0.3 is 11.1 Å². The Morgan fingerprint density at radius 1 is 1.39 bits per heavy atom. The van der Waals surface area contributed by atoms with Crippen molar-refractivity contribution in [2.75, 3.05) is 5.73 Å². The van der Waals surface area contributed by atoms with Crippen LogP contribution in [0.4, 0.5) is 10.1 Å². The lowest BCUT2D eigenvalue weighted by molar-refractivity contribution is 0.0947. The maximum atomic E-state index is 13.5. The first-order valence-electron chi connectivity index (χ1n) is 5.13. The Kier molecular flexibility index (Phi) is 3.98. The molecule has 0 spiro atoms. The Morgan fingerprint density at radius 2 is 2.17 bits per heavy atom. The van der Waals surface area contributed by atoms with Gasteiger partial charge in [-0.2, -0.15) is 0 Å². The number of nitrogens with two attached hydrogens (primary N) is 1. The first kappa shape index (κ1) is 13.0. The van der Waals surface area contributed by atoms with E-state index in [1.807, 2.05) is 12.1 Å². The Labute approximate surface area is 116 Å². The summed E-state index contributed by atoms with van der Waals surface area (Å²) in [6.45, 7) is 0.374. The fourth-order valence-electron chi connectivity index (χ4n) is 1.42.